The predicted molar refractivity (Wildman–Crippen MR) is 119 cm³/mol. The van der Waals surface area contributed by atoms with Gasteiger partial charge in [-0.3, -0.25) is 0 Å². The molecule has 0 spiro atoms. The standard InChI is InChI=1S/C24H21FNO5P/c1-16(2)15-23(29,21-12-9-18-5-3-4-6-20(18)26-21)24(22(27)28,32(30)31)14-13-17-7-10-19(25)11-8-17/h3-12,16,29H,15H2,1-2H3,(H-,27,28,30,31)/p+1. The molecule has 1 heterocycles. The van der Waals surface area contributed by atoms with E-state index in [1.54, 1.807) is 38.1 Å². The molecule has 0 saturated carbocycles. The van der Waals surface area contributed by atoms with Gasteiger partial charge in [0.05, 0.1) is 11.2 Å². The van der Waals surface area contributed by atoms with E-state index in [0.717, 1.165) is 17.5 Å². The fraction of sp³-hybridized carbons (Fsp3) is 0.250. The Labute approximate surface area is 185 Å². The Morgan fingerprint density at radius 2 is 1.78 bits per heavy atom. The summed E-state index contributed by atoms with van der Waals surface area (Å²) >= 11 is 0. The van der Waals surface area contributed by atoms with Gasteiger partial charge in [-0.25, -0.2) is 14.2 Å². The third-order valence-electron chi connectivity index (χ3n) is 5.15. The van der Waals surface area contributed by atoms with Crippen LogP contribution in [0.25, 0.3) is 10.9 Å². The minimum Gasteiger partial charge on any atom is -0.477 e. The largest absolute Gasteiger partial charge is 0.541 e. The zero-order valence-corrected chi connectivity index (χ0v) is 18.4. The van der Waals surface area contributed by atoms with Gasteiger partial charge in [0.1, 0.15) is 5.82 Å². The van der Waals surface area contributed by atoms with E-state index in [0.29, 0.717) is 5.52 Å². The SMILES string of the molecule is CC(C)CC(O)(c1ccc2ccccc2n1)C(C#Cc1ccc(F)cc1)(C(=O)O)[P+](=O)O. The van der Waals surface area contributed by atoms with Crippen LogP contribution in [-0.4, -0.2) is 31.2 Å². The summed E-state index contributed by atoms with van der Waals surface area (Å²) in [4.78, 5) is 27.2. The van der Waals surface area contributed by atoms with Crippen molar-refractivity contribution >= 4 is 24.9 Å². The summed E-state index contributed by atoms with van der Waals surface area (Å²) in [5.74, 6) is 2.36. The molecule has 164 valence electrons. The molecule has 3 N–H and O–H groups in total. The Bertz CT molecular complexity index is 1220. The number of aliphatic hydroxyl groups is 1. The molecule has 8 heteroatoms. The molecule has 3 atom stereocenters. The van der Waals surface area contributed by atoms with Crippen molar-refractivity contribution in [1.29, 1.82) is 0 Å². The van der Waals surface area contributed by atoms with Gasteiger partial charge in [-0.15, -0.1) is 0 Å². The second-order valence-corrected chi connectivity index (χ2v) is 9.11. The van der Waals surface area contributed by atoms with Gasteiger partial charge in [0.15, 0.2) is 5.60 Å². The first-order chi connectivity index (χ1) is 15.1. The number of rotatable bonds is 6. The minimum atomic E-state index is -3.56. The first kappa shape index (κ1) is 23.5. The lowest BCUT2D eigenvalue weighted by Crippen LogP contribution is -2.55. The molecule has 0 saturated heterocycles. The van der Waals surface area contributed by atoms with Gasteiger partial charge in [0.2, 0.25) is 0 Å². The summed E-state index contributed by atoms with van der Waals surface area (Å²) < 4.78 is 25.8. The summed E-state index contributed by atoms with van der Waals surface area (Å²) in [6, 6.07) is 15.1. The lowest BCUT2D eigenvalue weighted by atomic mass is 9.77. The fourth-order valence-electron chi connectivity index (χ4n) is 3.64. The molecule has 0 radical (unpaired) electrons. The molecule has 0 bridgehead atoms. The van der Waals surface area contributed by atoms with Crippen LogP contribution in [0.15, 0.2) is 60.7 Å². The van der Waals surface area contributed by atoms with Gasteiger partial charge < -0.3 is 10.2 Å². The number of hydrogen-bond donors (Lipinski definition) is 3. The van der Waals surface area contributed by atoms with Crippen molar-refractivity contribution in [1.82, 2.24) is 4.98 Å². The Hall–Kier alpha value is -3.17. The van der Waals surface area contributed by atoms with Crippen molar-refractivity contribution in [3.8, 4) is 11.8 Å². The number of aromatic nitrogens is 1. The molecule has 0 aliphatic carbocycles. The van der Waals surface area contributed by atoms with E-state index < -0.39 is 30.6 Å². The lowest BCUT2D eigenvalue weighted by molar-refractivity contribution is -0.147. The molecule has 0 fully saturated rings. The Morgan fingerprint density at radius 1 is 1.12 bits per heavy atom. The molecule has 0 aliphatic rings. The highest BCUT2D eigenvalue weighted by Crippen LogP contribution is 2.51. The highest BCUT2D eigenvalue weighted by Gasteiger charge is 2.72. The zero-order chi connectivity index (χ0) is 23.5. The van der Waals surface area contributed by atoms with Crippen LogP contribution in [0.5, 0.6) is 0 Å². The first-order valence-electron chi connectivity index (χ1n) is 9.87. The van der Waals surface area contributed by atoms with Gasteiger partial charge >= 0.3 is 19.2 Å². The maximum atomic E-state index is 13.2. The second-order valence-electron chi connectivity index (χ2n) is 7.89. The molecule has 6 nitrogen and oxygen atoms in total. The molecule has 3 aromatic rings. The minimum absolute atomic E-state index is 0.0712. The number of carboxylic acid groups (broad SMARTS) is 1. The van der Waals surface area contributed by atoms with Crippen molar-refractivity contribution in [2.45, 2.75) is 31.0 Å². The van der Waals surface area contributed by atoms with Gasteiger partial charge in [-0.05, 0) is 59.2 Å². The van der Waals surface area contributed by atoms with E-state index in [4.69, 9.17) is 0 Å². The van der Waals surface area contributed by atoms with Crippen LogP contribution in [0.1, 0.15) is 31.5 Å². The normalized spacial score (nSPS) is 15.4. The Morgan fingerprint density at radius 3 is 2.38 bits per heavy atom. The second kappa shape index (κ2) is 9.13. The highest BCUT2D eigenvalue weighted by atomic mass is 31.1. The van der Waals surface area contributed by atoms with Gasteiger partial charge in [-0.1, -0.05) is 44.0 Å². The molecule has 0 aliphatic heterocycles. The summed E-state index contributed by atoms with van der Waals surface area (Å²) in [5, 5.41) is 20.0. The van der Waals surface area contributed by atoms with Crippen LogP contribution in [0, 0.1) is 23.6 Å². The highest BCUT2D eigenvalue weighted by molar-refractivity contribution is 7.42. The average molecular weight is 454 g/mol. The van der Waals surface area contributed by atoms with Gasteiger partial charge in [0, 0.05) is 10.9 Å². The predicted octanol–water partition coefficient (Wildman–Crippen LogP) is 4.22. The van der Waals surface area contributed by atoms with Crippen LogP contribution < -0.4 is 0 Å². The number of para-hydroxylation sites is 1. The molecular formula is C24H22FNO5P+. The average Bonchev–Trinajstić information content (AvgIpc) is 2.74. The van der Waals surface area contributed by atoms with Crippen molar-refractivity contribution in [3.63, 3.8) is 0 Å². The third kappa shape index (κ3) is 4.26. The summed E-state index contributed by atoms with van der Waals surface area (Å²) in [6.45, 7) is 3.49. The number of fused-ring (bicyclic) bond motifs is 1. The number of hydrogen-bond acceptors (Lipinski definition) is 4. The fourth-order valence-corrected chi connectivity index (χ4v) is 4.48. The maximum absolute atomic E-state index is 13.2. The van der Waals surface area contributed by atoms with E-state index in [2.05, 4.69) is 16.8 Å². The number of nitrogens with zero attached hydrogens (tertiary/aromatic N) is 1. The molecule has 1 aromatic heterocycles. The van der Waals surface area contributed by atoms with Crippen LogP contribution in [0.2, 0.25) is 0 Å². The molecule has 32 heavy (non-hydrogen) atoms. The Kier molecular flexibility index (Phi) is 6.71. The monoisotopic (exact) mass is 454 g/mol. The lowest BCUT2D eigenvalue weighted by Gasteiger charge is -2.33. The molecule has 2 aromatic carbocycles. The van der Waals surface area contributed by atoms with E-state index in [1.807, 2.05) is 6.07 Å². The molecular weight excluding hydrogens is 432 g/mol. The first-order valence-corrected chi connectivity index (χ1v) is 11.1. The number of pyridine rings is 1. The van der Waals surface area contributed by atoms with Crippen molar-refractivity contribution in [3.05, 3.63) is 77.7 Å². The number of carbonyl (C=O) groups is 1. The number of carboxylic acids is 1. The quantitative estimate of drug-likeness (QED) is 0.380. The number of benzene rings is 2. The number of halogens is 1. The summed E-state index contributed by atoms with van der Waals surface area (Å²) in [7, 11) is -3.56. The molecule has 3 rings (SSSR count). The maximum Gasteiger partial charge on any atom is 0.541 e. The van der Waals surface area contributed by atoms with Gasteiger partial charge in [-0.2, -0.15) is 4.89 Å². The van der Waals surface area contributed by atoms with Crippen molar-refractivity contribution in [2.75, 3.05) is 0 Å². The third-order valence-corrected chi connectivity index (χ3v) is 6.40. The van der Waals surface area contributed by atoms with E-state index >= 15 is 0 Å². The smallest absolute Gasteiger partial charge is 0.477 e. The zero-order valence-electron chi connectivity index (χ0n) is 17.5. The molecule has 0 amide bonds. The van der Waals surface area contributed by atoms with Crippen LogP contribution >= 0.6 is 8.03 Å². The van der Waals surface area contributed by atoms with E-state index in [9.17, 15) is 28.9 Å². The van der Waals surface area contributed by atoms with Crippen LogP contribution in [-0.2, 0) is 15.0 Å². The van der Waals surface area contributed by atoms with Crippen LogP contribution in [0.3, 0.4) is 0 Å². The van der Waals surface area contributed by atoms with E-state index in [1.165, 1.54) is 18.2 Å². The van der Waals surface area contributed by atoms with Crippen LogP contribution in [0.4, 0.5) is 4.39 Å². The number of aliphatic carboxylic acids is 1. The van der Waals surface area contributed by atoms with Crippen molar-refractivity contribution < 1.29 is 28.9 Å². The van der Waals surface area contributed by atoms with Crippen molar-refractivity contribution in [2.24, 2.45) is 5.92 Å². The summed E-state index contributed by atoms with van der Waals surface area (Å²) in [5.41, 5.74) is -1.75. The summed E-state index contributed by atoms with van der Waals surface area (Å²) in [6.07, 6.45) is -0.190. The van der Waals surface area contributed by atoms with Gasteiger partial charge in [0.25, 0.3) is 0 Å². The Balaban J connectivity index is 2.30. The molecule has 3 unspecified atom stereocenters. The topological polar surface area (TPSA) is 108 Å². The van der Waals surface area contributed by atoms with E-state index in [-0.39, 0.29) is 23.6 Å².